The molecule has 0 bridgehead atoms. The molecule has 1 aromatic carbocycles. The van der Waals surface area contributed by atoms with E-state index >= 15 is 0 Å². The van der Waals surface area contributed by atoms with Gasteiger partial charge in [0.05, 0.1) is 22.0 Å². The third-order valence-electron chi connectivity index (χ3n) is 5.65. The fraction of sp³-hybridized carbons (Fsp3) is 0.455. The van der Waals surface area contributed by atoms with Gasteiger partial charge in [0.1, 0.15) is 5.82 Å². The van der Waals surface area contributed by atoms with Gasteiger partial charge in [-0.05, 0) is 42.8 Å². The number of benzene rings is 1. The van der Waals surface area contributed by atoms with Gasteiger partial charge in [0.2, 0.25) is 0 Å². The number of carbonyl (C=O) groups excluding carboxylic acids is 1. The molecule has 1 atom stereocenters. The van der Waals surface area contributed by atoms with E-state index in [2.05, 4.69) is 28.1 Å². The van der Waals surface area contributed by atoms with Gasteiger partial charge in [-0.25, -0.2) is 4.98 Å². The Morgan fingerprint density at radius 2 is 2.04 bits per heavy atom. The standard InChI is InChI=1S/C22H27N3OS/c1-16(23-22(26)20-12-7-15-27-20)21-24-18-10-5-6-11-19(18)25(21)14-13-17-8-3-2-4-9-17/h5-7,10-12,15-17H,2-4,8-9,13-14H2,1H3,(H,23,26). The third kappa shape index (κ3) is 4.08. The number of imidazole rings is 1. The second kappa shape index (κ2) is 8.26. The zero-order valence-electron chi connectivity index (χ0n) is 15.9. The number of hydrogen-bond acceptors (Lipinski definition) is 3. The molecule has 0 saturated heterocycles. The summed E-state index contributed by atoms with van der Waals surface area (Å²) in [4.78, 5) is 18.1. The van der Waals surface area contributed by atoms with E-state index in [1.807, 2.05) is 30.5 Å². The van der Waals surface area contributed by atoms with E-state index in [0.717, 1.165) is 28.7 Å². The van der Waals surface area contributed by atoms with Crippen molar-refractivity contribution in [2.24, 2.45) is 5.92 Å². The van der Waals surface area contributed by atoms with Crippen molar-refractivity contribution in [3.05, 3.63) is 52.5 Å². The number of fused-ring (bicyclic) bond motifs is 1. The SMILES string of the molecule is CC(NC(=O)c1cccs1)c1nc2ccccc2n1CCC1CCCCC1. The van der Waals surface area contributed by atoms with Crippen LogP contribution >= 0.6 is 11.3 Å². The quantitative estimate of drug-likeness (QED) is 0.608. The lowest BCUT2D eigenvalue weighted by atomic mass is 9.87. The molecular formula is C22H27N3OS. The molecule has 4 nitrogen and oxygen atoms in total. The largest absolute Gasteiger partial charge is 0.342 e. The fourth-order valence-corrected chi connectivity index (χ4v) is 4.81. The summed E-state index contributed by atoms with van der Waals surface area (Å²) in [7, 11) is 0. The third-order valence-corrected chi connectivity index (χ3v) is 6.52. The first-order valence-electron chi connectivity index (χ1n) is 10.0. The smallest absolute Gasteiger partial charge is 0.261 e. The second-order valence-corrected chi connectivity index (χ2v) is 8.52. The topological polar surface area (TPSA) is 46.9 Å². The summed E-state index contributed by atoms with van der Waals surface area (Å²) < 4.78 is 2.32. The molecule has 1 aliphatic rings. The van der Waals surface area contributed by atoms with Gasteiger partial charge in [-0.3, -0.25) is 4.79 Å². The number of aryl methyl sites for hydroxylation is 1. The Bertz CT molecular complexity index is 894. The molecule has 3 aromatic rings. The Morgan fingerprint density at radius 1 is 1.22 bits per heavy atom. The van der Waals surface area contributed by atoms with Crippen LogP contribution in [0, 0.1) is 5.92 Å². The summed E-state index contributed by atoms with van der Waals surface area (Å²) in [6.07, 6.45) is 8.03. The molecule has 0 spiro atoms. The summed E-state index contributed by atoms with van der Waals surface area (Å²) in [6, 6.07) is 11.9. The van der Waals surface area contributed by atoms with Gasteiger partial charge in [0, 0.05) is 6.54 Å². The van der Waals surface area contributed by atoms with Crippen molar-refractivity contribution in [1.29, 1.82) is 0 Å². The Morgan fingerprint density at radius 3 is 2.81 bits per heavy atom. The predicted molar refractivity (Wildman–Crippen MR) is 111 cm³/mol. The van der Waals surface area contributed by atoms with Gasteiger partial charge in [0.15, 0.2) is 0 Å². The van der Waals surface area contributed by atoms with Crippen molar-refractivity contribution in [2.75, 3.05) is 0 Å². The maximum Gasteiger partial charge on any atom is 0.261 e. The first-order chi connectivity index (χ1) is 13.2. The molecule has 1 unspecified atom stereocenters. The van der Waals surface area contributed by atoms with Crippen LogP contribution in [0.5, 0.6) is 0 Å². The molecule has 0 aliphatic heterocycles. The zero-order valence-corrected chi connectivity index (χ0v) is 16.7. The molecule has 2 heterocycles. The van der Waals surface area contributed by atoms with E-state index in [0.29, 0.717) is 0 Å². The van der Waals surface area contributed by atoms with Gasteiger partial charge in [-0.15, -0.1) is 11.3 Å². The normalized spacial score (nSPS) is 16.5. The molecule has 0 radical (unpaired) electrons. The van der Waals surface area contributed by atoms with Crippen LogP contribution in [0.1, 0.15) is 67.0 Å². The fourth-order valence-electron chi connectivity index (χ4n) is 4.19. The number of aromatic nitrogens is 2. The molecule has 1 saturated carbocycles. The highest BCUT2D eigenvalue weighted by atomic mass is 32.1. The molecule has 1 N–H and O–H groups in total. The highest BCUT2D eigenvalue weighted by Crippen LogP contribution is 2.29. The Kier molecular flexibility index (Phi) is 5.58. The summed E-state index contributed by atoms with van der Waals surface area (Å²) in [5.41, 5.74) is 2.17. The highest BCUT2D eigenvalue weighted by Gasteiger charge is 2.21. The number of rotatable bonds is 6. The molecule has 1 aliphatic carbocycles. The van der Waals surface area contributed by atoms with Crippen molar-refractivity contribution >= 4 is 28.3 Å². The predicted octanol–water partition coefficient (Wildman–Crippen LogP) is 5.56. The first-order valence-corrected chi connectivity index (χ1v) is 10.9. The van der Waals surface area contributed by atoms with Crippen molar-refractivity contribution in [3.8, 4) is 0 Å². The number of thiophene rings is 1. The molecule has 5 heteroatoms. The van der Waals surface area contributed by atoms with Crippen molar-refractivity contribution < 1.29 is 4.79 Å². The Hall–Kier alpha value is -2.14. The molecule has 2 aromatic heterocycles. The monoisotopic (exact) mass is 381 g/mol. The number of para-hydroxylation sites is 2. The van der Waals surface area contributed by atoms with E-state index in [-0.39, 0.29) is 11.9 Å². The van der Waals surface area contributed by atoms with Crippen LogP contribution in [-0.4, -0.2) is 15.5 Å². The number of carbonyl (C=O) groups is 1. The maximum absolute atomic E-state index is 12.5. The van der Waals surface area contributed by atoms with Crippen molar-refractivity contribution in [2.45, 2.75) is 58.0 Å². The number of nitrogens with one attached hydrogen (secondary N) is 1. The highest BCUT2D eigenvalue weighted by molar-refractivity contribution is 7.12. The lowest BCUT2D eigenvalue weighted by molar-refractivity contribution is 0.0941. The molecule has 27 heavy (non-hydrogen) atoms. The second-order valence-electron chi connectivity index (χ2n) is 7.58. The van der Waals surface area contributed by atoms with E-state index in [1.165, 1.54) is 55.4 Å². The van der Waals surface area contributed by atoms with Crippen molar-refractivity contribution in [3.63, 3.8) is 0 Å². The van der Waals surface area contributed by atoms with E-state index in [1.54, 1.807) is 0 Å². The average molecular weight is 382 g/mol. The van der Waals surface area contributed by atoms with Crippen LogP contribution in [0.15, 0.2) is 41.8 Å². The van der Waals surface area contributed by atoms with Crippen LogP contribution in [0.4, 0.5) is 0 Å². The minimum absolute atomic E-state index is 0.0246. The lowest BCUT2D eigenvalue weighted by Crippen LogP contribution is -2.28. The molecule has 142 valence electrons. The summed E-state index contributed by atoms with van der Waals surface area (Å²) in [5.74, 6) is 1.75. The summed E-state index contributed by atoms with van der Waals surface area (Å²) in [6.45, 7) is 3.00. The van der Waals surface area contributed by atoms with Crippen LogP contribution in [0.2, 0.25) is 0 Å². The minimum atomic E-state index is -0.127. The Balaban J connectivity index is 1.56. The van der Waals surface area contributed by atoms with Crippen LogP contribution in [0.25, 0.3) is 11.0 Å². The number of amides is 1. The molecule has 1 amide bonds. The maximum atomic E-state index is 12.5. The van der Waals surface area contributed by atoms with Gasteiger partial charge in [0.25, 0.3) is 5.91 Å². The number of hydrogen-bond donors (Lipinski definition) is 1. The van der Waals surface area contributed by atoms with Gasteiger partial charge in [-0.1, -0.05) is 50.3 Å². The lowest BCUT2D eigenvalue weighted by Gasteiger charge is -2.23. The van der Waals surface area contributed by atoms with E-state index in [4.69, 9.17) is 4.98 Å². The van der Waals surface area contributed by atoms with Crippen LogP contribution in [-0.2, 0) is 6.54 Å². The van der Waals surface area contributed by atoms with E-state index in [9.17, 15) is 4.79 Å². The average Bonchev–Trinajstić information content (AvgIpc) is 3.35. The number of nitrogens with zero attached hydrogens (tertiary/aromatic N) is 2. The van der Waals surface area contributed by atoms with E-state index < -0.39 is 0 Å². The van der Waals surface area contributed by atoms with Crippen LogP contribution < -0.4 is 5.32 Å². The minimum Gasteiger partial charge on any atom is -0.342 e. The van der Waals surface area contributed by atoms with Gasteiger partial charge in [-0.2, -0.15) is 0 Å². The summed E-state index contributed by atoms with van der Waals surface area (Å²) >= 11 is 1.47. The van der Waals surface area contributed by atoms with Crippen LogP contribution in [0.3, 0.4) is 0 Å². The zero-order chi connectivity index (χ0) is 18.6. The Labute approximate surface area is 164 Å². The van der Waals surface area contributed by atoms with Gasteiger partial charge >= 0.3 is 0 Å². The molecular weight excluding hydrogens is 354 g/mol. The van der Waals surface area contributed by atoms with Crippen molar-refractivity contribution in [1.82, 2.24) is 14.9 Å². The molecule has 4 rings (SSSR count). The van der Waals surface area contributed by atoms with Gasteiger partial charge < -0.3 is 9.88 Å². The first kappa shape index (κ1) is 18.2. The molecule has 1 fully saturated rings. The summed E-state index contributed by atoms with van der Waals surface area (Å²) in [5, 5.41) is 5.06.